The first-order valence-corrected chi connectivity index (χ1v) is 5.86. The number of hydrogen-bond donors (Lipinski definition) is 1. The van der Waals surface area contributed by atoms with Gasteiger partial charge in [0.15, 0.2) is 0 Å². The lowest BCUT2D eigenvalue weighted by molar-refractivity contribution is 0.631. The van der Waals surface area contributed by atoms with Gasteiger partial charge in [-0.1, -0.05) is 41.6 Å². The summed E-state index contributed by atoms with van der Waals surface area (Å²) < 4.78 is 13.4. The van der Waals surface area contributed by atoms with Crippen molar-refractivity contribution in [1.29, 1.82) is 0 Å². The van der Waals surface area contributed by atoms with Gasteiger partial charge in [0.05, 0.1) is 12.2 Å². The van der Waals surface area contributed by atoms with Gasteiger partial charge in [-0.05, 0) is 30.3 Å². The molecule has 0 saturated heterocycles. The molecule has 0 aromatic heterocycles. The summed E-state index contributed by atoms with van der Waals surface area (Å²) in [5.41, 5.74) is 1.30. The minimum Gasteiger partial charge on any atom is -0.372 e. The number of anilines is 1. The highest BCUT2D eigenvalue weighted by molar-refractivity contribution is 6.30. The lowest BCUT2D eigenvalue weighted by atomic mass is 10.2. The zero-order valence-corrected chi connectivity index (χ0v) is 10.3. The summed E-state index contributed by atoms with van der Waals surface area (Å²) in [5.74, 6) is 5.57. The van der Waals surface area contributed by atoms with E-state index in [0.29, 0.717) is 17.3 Å². The molecule has 0 saturated carbocycles. The van der Waals surface area contributed by atoms with E-state index < -0.39 is 0 Å². The van der Waals surface area contributed by atoms with Crippen LogP contribution in [0.15, 0.2) is 48.5 Å². The third kappa shape index (κ3) is 3.51. The largest absolute Gasteiger partial charge is 0.372 e. The molecule has 90 valence electrons. The van der Waals surface area contributed by atoms with Crippen molar-refractivity contribution in [1.82, 2.24) is 0 Å². The van der Waals surface area contributed by atoms with E-state index in [1.165, 1.54) is 12.1 Å². The first-order valence-electron chi connectivity index (χ1n) is 5.48. The van der Waals surface area contributed by atoms with Gasteiger partial charge in [-0.3, -0.25) is 0 Å². The Morgan fingerprint density at radius 3 is 2.67 bits per heavy atom. The fourth-order valence-corrected chi connectivity index (χ4v) is 1.61. The Bertz CT molecular complexity index is 584. The van der Waals surface area contributed by atoms with Gasteiger partial charge in [0.2, 0.25) is 0 Å². The third-order valence-electron chi connectivity index (χ3n) is 2.30. The van der Waals surface area contributed by atoms with Crippen LogP contribution in [0.25, 0.3) is 0 Å². The van der Waals surface area contributed by atoms with Crippen molar-refractivity contribution in [3.8, 4) is 11.8 Å². The van der Waals surface area contributed by atoms with E-state index in [4.69, 9.17) is 11.6 Å². The molecule has 0 bridgehead atoms. The maximum Gasteiger partial charge on any atom is 0.146 e. The quantitative estimate of drug-likeness (QED) is 0.806. The molecular weight excluding hydrogens is 249 g/mol. The van der Waals surface area contributed by atoms with Crippen LogP contribution in [-0.4, -0.2) is 6.54 Å². The Labute approximate surface area is 111 Å². The van der Waals surface area contributed by atoms with Crippen LogP contribution in [-0.2, 0) is 0 Å². The molecule has 0 aliphatic heterocycles. The summed E-state index contributed by atoms with van der Waals surface area (Å²) in [5, 5.41) is 3.39. The summed E-state index contributed by atoms with van der Waals surface area (Å²) in [7, 11) is 0. The predicted octanol–water partition coefficient (Wildman–Crippen LogP) is 3.94. The second kappa shape index (κ2) is 6.09. The predicted molar refractivity (Wildman–Crippen MR) is 73.2 cm³/mol. The van der Waals surface area contributed by atoms with E-state index in [9.17, 15) is 4.39 Å². The van der Waals surface area contributed by atoms with Gasteiger partial charge in [-0.15, -0.1) is 0 Å². The van der Waals surface area contributed by atoms with Crippen molar-refractivity contribution in [3.05, 3.63) is 64.9 Å². The molecule has 0 aliphatic carbocycles. The van der Waals surface area contributed by atoms with Crippen molar-refractivity contribution in [2.45, 2.75) is 0 Å². The zero-order valence-electron chi connectivity index (χ0n) is 9.58. The van der Waals surface area contributed by atoms with Crippen LogP contribution in [0.4, 0.5) is 10.1 Å². The molecule has 0 fully saturated rings. The van der Waals surface area contributed by atoms with Crippen LogP contribution in [0.3, 0.4) is 0 Å². The Morgan fingerprint density at radius 1 is 1.11 bits per heavy atom. The highest BCUT2D eigenvalue weighted by Gasteiger charge is 2.00. The zero-order chi connectivity index (χ0) is 12.8. The number of benzene rings is 2. The summed E-state index contributed by atoms with van der Waals surface area (Å²) in [6.07, 6.45) is 0. The molecule has 1 nitrogen and oxygen atoms in total. The average molecular weight is 260 g/mol. The maximum absolute atomic E-state index is 13.4. The summed E-state index contributed by atoms with van der Waals surface area (Å²) in [6.45, 7) is 0.367. The fraction of sp³-hybridized carbons (Fsp3) is 0.0667. The lowest BCUT2D eigenvalue weighted by Crippen LogP contribution is -2.00. The van der Waals surface area contributed by atoms with Crippen LogP contribution in [0.2, 0.25) is 5.02 Å². The molecule has 18 heavy (non-hydrogen) atoms. The summed E-state index contributed by atoms with van der Waals surface area (Å²) in [6, 6.07) is 14.0. The summed E-state index contributed by atoms with van der Waals surface area (Å²) in [4.78, 5) is 0. The first-order chi connectivity index (χ1) is 8.75. The van der Waals surface area contributed by atoms with Crippen molar-refractivity contribution in [2.75, 3.05) is 11.9 Å². The molecule has 0 spiro atoms. The highest BCUT2D eigenvalue weighted by atomic mass is 35.5. The van der Waals surface area contributed by atoms with E-state index >= 15 is 0 Å². The van der Waals surface area contributed by atoms with Crippen molar-refractivity contribution in [2.24, 2.45) is 0 Å². The Morgan fingerprint density at radius 2 is 1.89 bits per heavy atom. The van der Waals surface area contributed by atoms with Gasteiger partial charge in [-0.25, -0.2) is 4.39 Å². The molecule has 0 amide bonds. The van der Waals surface area contributed by atoms with Gasteiger partial charge in [0, 0.05) is 10.6 Å². The van der Waals surface area contributed by atoms with E-state index in [0.717, 1.165) is 5.56 Å². The molecular formula is C15H11ClFN. The van der Waals surface area contributed by atoms with E-state index in [1.807, 2.05) is 30.3 Å². The minimum atomic E-state index is -0.332. The number of hydrogen-bond acceptors (Lipinski definition) is 1. The highest BCUT2D eigenvalue weighted by Crippen LogP contribution is 2.18. The number of rotatable bonds is 2. The fourth-order valence-electron chi connectivity index (χ4n) is 1.44. The molecule has 0 radical (unpaired) electrons. The Hall–Kier alpha value is -1.98. The third-order valence-corrected chi connectivity index (χ3v) is 2.54. The van der Waals surface area contributed by atoms with Gasteiger partial charge in [0.25, 0.3) is 0 Å². The molecule has 2 aromatic rings. The second-order valence-corrected chi connectivity index (χ2v) is 4.08. The molecule has 0 unspecified atom stereocenters. The molecule has 3 heteroatoms. The molecule has 0 heterocycles. The van der Waals surface area contributed by atoms with Crippen molar-refractivity contribution >= 4 is 17.3 Å². The smallest absolute Gasteiger partial charge is 0.146 e. The topological polar surface area (TPSA) is 12.0 Å². The molecule has 0 aliphatic rings. The Balaban J connectivity index is 1.97. The second-order valence-electron chi connectivity index (χ2n) is 3.65. The SMILES string of the molecule is Fc1ccc(Cl)cc1NCC#Cc1ccccc1. The molecule has 2 rings (SSSR count). The molecule has 1 N–H and O–H groups in total. The van der Waals surface area contributed by atoms with E-state index in [1.54, 1.807) is 6.07 Å². The first kappa shape index (κ1) is 12.5. The lowest BCUT2D eigenvalue weighted by Gasteiger charge is -2.03. The van der Waals surface area contributed by atoms with Gasteiger partial charge < -0.3 is 5.32 Å². The van der Waals surface area contributed by atoms with Crippen LogP contribution in [0, 0.1) is 17.7 Å². The Kier molecular flexibility index (Phi) is 4.22. The summed E-state index contributed by atoms with van der Waals surface area (Å²) >= 11 is 5.78. The van der Waals surface area contributed by atoms with Crippen molar-refractivity contribution < 1.29 is 4.39 Å². The minimum absolute atomic E-state index is 0.332. The normalized spacial score (nSPS) is 9.44. The standard InChI is InChI=1S/C15H11ClFN/c16-13-8-9-14(17)15(11-13)18-10-4-7-12-5-2-1-3-6-12/h1-3,5-6,8-9,11,18H,10H2. The van der Waals surface area contributed by atoms with Crippen molar-refractivity contribution in [3.63, 3.8) is 0 Å². The number of nitrogens with one attached hydrogen (secondary N) is 1. The molecule has 0 atom stereocenters. The monoisotopic (exact) mass is 259 g/mol. The van der Waals surface area contributed by atoms with Crippen LogP contribution < -0.4 is 5.32 Å². The van der Waals surface area contributed by atoms with E-state index in [-0.39, 0.29) is 5.82 Å². The average Bonchev–Trinajstić information content (AvgIpc) is 2.40. The van der Waals surface area contributed by atoms with E-state index in [2.05, 4.69) is 17.2 Å². The van der Waals surface area contributed by atoms with Gasteiger partial charge in [0.1, 0.15) is 5.82 Å². The van der Waals surface area contributed by atoms with Crippen LogP contribution in [0.1, 0.15) is 5.56 Å². The maximum atomic E-state index is 13.4. The number of halogens is 2. The van der Waals surface area contributed by atoms with Gasteiger partial charge in [-0.2, -0.15) is 0 Å². The molecule has 2 aromatic carbocycles. The van der Waals surface area contributed by atoms with Gasteiger partial charge >= 0.3 is 0 Å². The van der Waals surface area contributed by atoms with Crippen LogP contribution in [0.5, 0.6) is 0 Å². The van der Waals surface area contributed by atoms with Crippen LogP contribution >= 0.6 is 11.6 Å².